The van der Waals surface area contributed by atoms with Crippen LogP contribution in [0.5, 0.6) is 0 Å². The Morgan fingerprint density at radius 2 is 1.83 bits per heavy atom. The van der Waals surface area contributed by atoms with Crippen molar-refractivity contribution in [2.45, 2.75) is 0 Å². The Kier molecular flexibility index (Phi) is 4.12. The predicted molar refractivity (Wildman–Crippen MR) is 91.5 cm³/mol. The lowest BCUT2D eigenvalue weighted by Gasteiger charge is -2.28. The van der Waals surface area contributed by atoms with Gasteiger partial charge in [0.25, 0.3) is 0 Å². The third-order valence-corrected chi connectivity index (χ3v) is 3.90. The van der Waals surface area contributed by atoms with Crippen molar-refractivity contribution < 1.29 is 4.74 Å². The average molecular weight is 319 g/mol. The summed E-state index contributed by atoms with van der Waals surface area (Å²) in [5.74, 6) is 1.52. The maximum atomic E-state index is 5.44. The van der Waals surface area contributed by atoms with E-state index in [1.807, 2.05) is 42.6 Å². The van der Waals surface area contributed by atoms with Crippen molar-refractivity contribution in [1.82, 2.24) is 19.9 Å². The molecule has 1 aliphatic heterocycles. The van der Waals surface area contributed by atoms with Gasteiger partial charge in [-0.05, 0) is 24.3 Å². The van der Waals surface area contributed by atoms with Gasteiger partial charge in [-0.2, -0.15) is 0 Å². The number of hydrogen-bond acceptors (Lipinski definition) is 6. The van der Waals surface area contributed by atoms with Gasteiger partial charge in [-0.3, -0.25) is 9.97 Å². The third-order valence-electron chi connectivity index (χ3n) is 3.90. The first-order chi connectivity index (χ1) is 11.9. The van der Waals surface area contributed by atoms with E-state index in [1.165, 1.54) is 0 Å². The summed E-state index contributed by atoms with van der Waals surface area (Å²) in [5.41, 5.74) is 2.57. The van der Waals surface area contributed by atoms with Crippen molar-refractivity contribution in [3.05, 3.63) is 55.0 Å². The Morgan fingerprint density at radius 3 is 2.58 bits per heavy atom. The summed E-state index contributed by atoms with van der Waals surface area (Å²) in [6.45, 7) is 3.08. The minimum Gasteiger partial charge on any atom is -0.378 e. The van der Waals surface area contributed by atoms with E-state index in [4.69, 9.17) is 14.7 Å². The monoisotopic (exact) mass is 319 g/mol. The summed E-state index contributed by atoms with van der Waals surface area (Å²) < 4.78 is 5.44. The molecule has 24 heavy (non-hydrogen) atoms. The number of pyridine rings is 2. The average Bonchev–Trinajstić information content (AvgIpc) is 2.70. The van der Waals surface area contributed by atoms with Crippen LogP contribution < -0.4 is 4.90 Å². The minimum absolute atomic E-state index is 0.624. The quantitative estimate of drug-likeness (QED) is 0.739. The predicted octanol–water partition coefficient (Wildman–Crippen LogP) is 2.44. The number of nitrogens with zero attached hydrogens (tertiary/aromatic N) is 5. The molecular weight excluding hydrogens is 302 g/mol. The molecule has 0 amide bonds. The number of hydrogen-bond donors (Lipinski definition) is 0. The zero-order valence-corrected chi connectivity index (χ0v) is 13.2. The van der Waals surface area contributed by atoms with E-state index in [0.29, 0.717) is 19.0 Å². The maximum Gasteiger partial charge on any atom is 0.180 e. The number of ether oxygens (including phenoxy) is 1. The molecule has 0 aliphatic carbocycles. The van der Waals surface area contributed by atoms with Crippen molar-refractivity contribution in [3.63, 3.8) is 0 Å². The van der Waals surface area contributed by atoms with Gasteiger partial charge >= 0.3 is 0 Å². The van der Waals surface area contributed by atoms with E-state index >= 15 is 0 Å². The number of morpholine rings is 1. The largest absolute Gasteiger partial charge is 0.378 e. The molecule has 4 heterocycles. The molecule has 6 nitrogen and oxygen atoms in total. The van der Waals surface area contributed by atoms with Gasteiger partial charge in [0.1, 0.15) is 11.5 Å². The first-order valence-corrected chi connectivity index (χ1v) is 7.94. The second-order valence-corrected chi connectivity index (χ2v) is 5.49. The van der Waals surface area contributed by atoms with Crippen molar-refractivity contribution in [3.8, 4) is 22.8 Å². The summed E-state index contributed by atoms with van der Waals surface area (Å²) in [6, 6.07) is 11.7. The Balaban J connectivity index is 1.81. The van der Waals surface area contributed by atoms with Gasteiger partial charge in [-0.1, -0.05) is 6.07 Å². The van der Waals surface area contributed by atoms with E-state index in [1.54, 1.807) is 12.4 Å². The molecule has 0 radical (unpaired) electrons. The topological polar surface area (TPSA) is 64.0 Å². The molecule has 0 atom stereocenters. The van der Waals surface area contributed by atoms with Gasteiger partial charge in [0, 0.05) is 43.3 Å². The summed E-state index contributed by atoms with van der Waals surface area (Å²) >= 11 is 0. The van der Waals surface area contributed by atoms with Gasteiger partial charge in [0.15, 0.2) is 5.82 Å². The summed E-state index contributed by atoms with van der Waals surface area (Å²) in [4.78, 5) is 20.2. The molecule has 120 valence electrons. The van der Waals surface area contributed by atoms with Crippen molar-refractivity contribution in [1.29, 1.82) is 0 Å². The fraction of sp³-hybridized carbons (Fsp3) is 0.222. The van der Waals surface area contributed by atoms with Crippen LogP contribution in [0, 0.1) is 0 Å². The Bertz CT molecular complexity index is 746. The van der Waals surface area contributed by atoms with Crippen molar-refractivity contribution in [2.75, 3.05) is 31.2 Å². The zero-order chi connectivity index (χ0) is 16.2. The molecule has 1 fully saturated rings. The lowest BCUT2D eigenvalue weighted by Crippen LogP contribution is -2.36. The number of anilines is 1. The normalized spacial score (nSPS) is 14.6. The van der Waals surface area contributed by atoms with Gasteiger partial charge in [0.2, 0.25) is 0 Å². The Labute approximate surface area is 140 Å². The first-order valence-electron chi connectivity index (χ1n) is 7.94. The van der Waals surface area contributed by atoms with E-state index < -0.39 is 0 Å². The van der Waals surface area contributed by atoms with Crippen LogP contribution in [0.1, 0.15) is 0 Å². The molecular formula is C18H17N5O. The number of aromatic nitrogens is 4. The van der Waals surface area contributed by atoms with Gasteiger partial charge in [-0.25, -0.2) is 9.97 Å². The molecule has 0 bridgehead atoms. The van der Waals surface area contributed by atoms with Crippen LogP contribution >= 0.6 is 0 Å². The lowest BCUT2D eigenvalue weighted by molar-refractivity contribution is 0.122. The van der Waals surface area contributed by atoms with Crippen LogP contribution in [0.4, 0.5) is 5.82 Å². The van der Waals surface area contributed by atoms with Crippen LogP contribution in [0.25, 0.3) is 22.8 Å². The molecule has 1 aliphatic rings. The maximum absolute atomic E-state index is 5.44. The van der Waals surface area contributed by atoms with Crippen molar-refractivity contribution in [2.24, 2.45) is 0 Å². The van der Waals surface area contributed by atoms with E-state index in [0.717, 1.165) is 35.9 Å². The highest BCUT2D eigenvalue weighted by molar-refractivity contribution is 5.66. The molecule has 0 unspecified atom stereocenters. The SMILES string of the molecule is c1ccc(-c2nc(-c3cccnc3)cc(N3CCOCC3)n2)nc1. The molecule has 0 saturated carbocycles. The fourth-order valence-electron chi connectivity index (χ4n) is 2.66. The molecule has 1 saturated heterocycles. The van der Waals surface area contributed by atoms with E-state index in [2.05, 4.69) is 14.9 Å². The summed E-state index contributed by atoms with van der Waals surface area (Å²) in [7, 11) is 0. The minimum atomic E-state index is 0.624. The van der Waals surface area contributed by atoms with E-state index in [9.17, 15) is 0 Å². The van der Waals surface area contributed by atoms with Crippen LogP contribution in [0.15, 0.2) is 55.0 Å². The van der Waals surface area contributed by atoms with E-state index in [-0.39, 0.29) is 0 Å². The van der Waals surface area contributed by atoms with Crippen LogP contribution in [-0.2, 0) is 4.74 Å². The van der Waals surface area contributed by atoms with Crippen LogP contribution in [-0.4, -0.2) is 46.2 Å². The Hall–Kier alpha value is -2.86. The molecule has 3 aromatic rings. The molecule has 0 N–H and O–H groups in total. The summed E-state index contributed by atoms with van der Waals surface area (Å²) in [6.07, 6.45) is 5.32. The Morgan fingerprint density at radius 1 is 0.917 bits per heavy atom. The van der Waals surface area contributed by atoms with Gasteiger partial charge in [0.05, 0.1) is 18.9 Å². The first kappa shape index (κ1) is 14.7. The molecule has 0 aromatic carbocycles. The second-order valence-electron chi connectivity index (χ2n) is 5.49. The smallest absolute Gasteiger partial charge is 0.180 e. The van der Waals surface area contributed by atoms with Crippen molar-refractivity contribution >= 4 is 5.82 Å². The second kappa shape index (κ2) is 6.72. The highest BCUT2D eigenvalue weighted by atomic mass is 16.5. The molecule has 4 rings (SSSR count). The summed E-state index contributed by atoms with van der Waals surface area (Å²) in [5, 5.41) is 0. The lowest BCUT2D eigenvalue weighted by atomic mass is 10.2. The molecule has 6 heteroatoms. The molecule has 3 aromatic heterocycles. The van der Waals surface area contributed by atoms with Gasteiger partial charge < -0.3 is 9.64 Å². The molecule has 0 spiro atoms. The highest BCUT2D eigenvalue weighted by Gasteiger charge is 2.16. The fourth-order valence-corrected chi connectivity index (χ4v) is 2.66. The standard InChI is InChI=1S/C18H17N5O/c1-2-7-20-15(5-1)18-21-16(14-4-3-6-19-13-14)12-17(22-18)23-8-10-24-11-9-23/h1-7,12-13H,8-11H2. The van der Waals surface area contributed by atoms with Gasteiger partial charge in [-0.15, -0.1) is 0 Å². The van der Waals surface area contributed by atoms with Crippen LogP contribution in [0.2, 0.25) is 0 Å². The number of rotatable bonds is 3. The highest BCUT2D eigenvalue weighted by Crippen LogP contribution is 2.25. The third kappa shape index (κ3) is 3.09. The van der Waals surface area contributed by atoms with Crippen LogP contribution in [0.3, 0.4) is 0 Å². The zero-order valence-electron chi connectivity index (χ0n) is 13.2.